The van der Waals surface area contributed by atoms with Crippen LogP contribution in [0.1, 0.15) is 46.0 Å². The van der Waals surface area contributed by atoms with Gasteiger partial charge in [0.25, 0.3) is 0 Å². The van der Waals surface area contributed by atoms with Crippen LogP contribution in [0, 0.1) is 17.3 Å². The van der Waals surface area contributed by atoms with E-state index in [0.29, 0.717) is 5.41 Å². The number of ether oxygens (including phenoxy) is 1. The molecule has 1 aliphatic carbocycles. The van der Waals surface area contributed by atoms with E-state index in [1.165, 1.54) is 32.1 Å². The van der Waals surface area contributed by atoms with Gasteiger partial charge in [-0.3, -0.25) is 0 Å². The van der Waals surface area contributed by atoms with Crippen LogP contribution in [0.5, 0.6) is 0 Å². The zero-order chi connectivity index (χ0) is 11.6. The lowest BCUT2D eigenvalue weighted by Crippen LogP contribution is -2.51. The summed E-state index contributed by atoms with van der Waals surface area (Å²) >= 11 is 0. The van der Waals surface area contributed by atoms with Gasteiger partial charge in [-0.25, -0.2) is 0 Å². The van der Waals surface area contributed by atoms with Crippen molar-refractivity contribution in [2.45, 2.75) is 52.0 Å². The fourth-order valence-corrected chi connectivity index (χ4v) is 3.69. The summed E-state index contributed by atoms with van der Waals surface area (Å²) < 4.78 is 5.53. The third-order valence-corrected chi connectivity index (χ3v) is 4.60. The Morgan fingerprint density at radius 1 is 1.19 bits per heavy atom. The molecular weight excluding hydrogens is 198 g/mol. The Labute approximate surface area is 100 Å². The zero-order valence-electron chi connectivity index (χ0n) is 11.1. The van der Waals surface area contributed by atoms with Crippen LogP contribution in [0.25, 0.3) is 0 Å². The van der Waals surface area contributed by atoms with Gasteiger partial charge in [-0.2, -0.15) is 0 Å². The van der Waals surface area contributed by atoms with Crippen molar-refractivity contribution in [1.82, 2.24) is 5.32 Å². The van der Waals surface area contributed by atoms with Crippen LogP contribution < -0.4 is 5.32 Å². The Morgan fingerprint density at radius 3 is 2.19 bits per heavy atom. The molecular formula is C14H27NO. The summed E-state index contributed by atoms with van der Waals surface area (Å²) in [6.45, 7) is 6.75. The van der Waals surface area contributed by atoms with E-state index >= 15 is 0 Å². The highest BCUT2D eigenvalue weighted by atomic mass is 16.5. The molecule has 1 saturated heterocycles. The molecule has 2 nitrogen and oxygen atoms in total. The van der Waals surface area contributed by atoms with E-state index in [-0.39, 0.29) is 0 Å². The molecule has 0 radical (unpaired) electrons. The minimum Gasteiger partial charge on any atom is -0.380 e. The molecule has 16 heavy (non-hydrogen) atoms. The lowest BCUT2D eigenvalue weighted by atomic mass is 9.63. The molecule has 1 saturated carbocycles. The average Bonchev–Trinajstić information content (AvgIpc) is 2.23. The van der Waals surface area contributed by atoms with Gasteiger partial charge in [0.05, 0.1) is 13.2 Å². The number of hydrogen-bond donors (Lipinski definition) is 1. The minimum atomic E-state index is 0.548. The molecule has 0 aromatic heterocycles. The third kappa shape index (κ3) is 2.43. The van der Waals surface area contributed by atoms with E-state index in [1.54, 1.807) is 0 Å². The Balaban J connectivity index is 1.90. The number of hydrogen-bond acceptors (Lipinski definition) is 2. The fourth-order valence-electron chi connectivity index (χ4n) is 3.69. The van der Waals surface area contributed by atoms with Gasteiger partial charge in [-0.05, 0) is 51.0 Å². The van der Waals surface area contributed by atoms with Crippen LogP contribution in [0.2, 0.25) is 0 Å². The van der Waals surface area contributed by atoms with Crippen molar-refractivity contribution in [2.75, 3.05) is 20.3 Å². The summed E-state index contributed by atoms with van der Waals surface area (Å²) in [7, 11) is 2.10. The topological polar surface area (TPSA) is 21.3 Å². The molecule has 0 atom stereocenters. The highest BCUT2D eigenvalue weighted by Crippen LogP contribution is 2.47. The summed E-state index contributed by atoms with van der Waals surface area (Å²) in [4.78, 5) is 0. The molecule has 0 unspecified atom stereocenters. The first-order valence-corrected chi connectivity index (χ1v) is 6.91. The molecule has 94 valence electrons. The molecule has 1 aliphatic heterocycles. The summed E-state index contributed by atoms with van der Waals surface area (Å²) in [6, 6.07) is 0.772. The Kier molecular flexibility index (Phi) is 3.91. The van der Waals surface area contributed by atoms with Crippen LogP contribution in [0.15, 0.2) is 0 Å². The van der Waals surface area contributed by atoms with E-state index in [9.17, 15) is 0 Å². The van der Waals surface area contributed by atoms with Crippen molar-refractivity contribution >= 4 is 0 Å². The predicted octanol–water partition coefficient (Wildman–Crippen LogP) is 2.83. The molecule has 2 heteroatoms. The number of nitrogens with one attached hydrogen (secondary N) is 1. The van der Waals surface area contributed by atoms with Crippen LogP contribution in [0.4, 0.5) is 0 Å². The minimum absolute atomic E-state index is 0.548. The lowest BCUT2D eigenvalue weighted by molar-refractivity contribution is -0.162. The highest BCUT2D eigenvalue weighted by molar-refractivity contribution is 4.95. The van der Waals surface area contributed by atoms with Crippen LogP contribution >= 0.6 is 0 Å². The maximum Gasteiger partial charge on any atom is 0.0547 e. The maximum absolute atomic E-state index is 5.53. The van der Waals surface area contributed by atoms with Gasteiger partial charge in [0.2, 0.25) is 0 Å². The Morgan fingerprint density at radius 2 is 1.81 bits per heavy atom. The van der Waals surface area contributed by atoms with Crippen LogP contribution in [-0.2, 0) is 4.74 Å². The van der Waals surface area contributed by atoms with E-state index in [0.717, 1.165) is 31.1 Å². The van der Waals surface area contributed by atoms with Gasteiger partial charge < -0.3 is 10.1 Å². The highest BCUT2D eigenvalue weighted by Gasteiger charge is 2.46. The van der Waals surface area contributed by atoms with Gasteiger partial charge in [0.1, 0.15) is 0 Å². The predicted molar refractivity (Wildman–Crippen MR) is 67.5 cm³/mol. The molecule has 0 spiro atoms. The first-order chi connectivity index (χ1) is 7.66. The average molecular weight is 225 g/mol. The molecule has 1 heterocycles. The fraction of sp³-hybridized carbons (Fsp3) is 1.00. The van der Waals surface area contributed by atoms with Crippen molar-refractivity contribution in [3.8, 4) is 0 Å². The van der Waals surface area contributed by atoms with E-state index in [1.807, 2.05) is 0 Å². The second kappa shape index (κ2) is 5.05. The summed E-state index contributed by atoms with van der Waals surface area (Å²) in [5.74, 6) is 1.74. The van der Waals surface area contributed by atoms with Gasteiger partial charge >= 0.3 is 0 Å². The first-order valence-electron chi connectivity index (χ1n) is 6.91. The molecule has 2 rings (SSSR count). The van der Waals surface area contributed by atoms with Crippen molar-refractivity contribution < 1.29 is 4.74 Å². The molecule has 1 N–H and O–H groups in total. The Hall–Kier alpha value is -0.0800. The second-order valence-corrected chi connectivity index (χ2v) is 6.29. The standard InChI is InChI=1S/C14H27NO/c1-11(2)8-14(9-16-10-14)12-4-6-13(15-3)7-5-12/h11-13,15H,4-10H2,1-3H3. The Bertz CT molecular complexity index is 215. The van der Waals surface area contributed by atoms with E-state index in [2.05, 4.69) is 26.2 Å². The van der Waals surface area contributed by atoms with Gasteiger partial charge in [-0.15, -0.1) is 0 Å². The first kappa shape index (κ1) is 12.4. The summed E-state index contributed by atoms with van der Waals surface area (Å²) in [5.41, 5.74) is 0.548. The normalized spacial score (nSPS) is 33.8. The van der Waals surface area contributed by atoms with Crippen molar-refractivity contribution in [3.63, 3.8) is 0 Å². The molecule has 2 fully saturated rings. The summed E-state index contributed by atoms with van der Waals surface area (Å²) in [6.07, 6.45) is 6.90. The smallest absolute Gasteiger partial charge is 0.0547 e. The monoisotopic (exact) mass is 225 g/mol. The zero-order valence-corrected chi connectivity index (χ0v) is 11.1. The third-order valence-electron chi connectivity index (χ3n) is 4.60. The maximum atomic E-state index is 5.53. The molecule has 0 amide bonds. The van der Waals surface area contributed by atoms with Crippen molar-refractivity contribution in [2.24, 2.45) is 17.3 Å². The van der Waals surface area contributed by atoms with E-state index in [4.69, 9.17) is 4.74 Å². The van der Waals surface area contributed by atoms with Gasteiger partial charge in [0.15, 0.2) is 0 Å². The van der Waals surface area contributed by atoms with Crippen molar-refractivity contribution in [1.29, 1.82) is 0 Å². The molecule has 0 bridgehead atoms. The van der Waals surface area contributed by atoms with Gasteiger partial charge in [0, 0.05) is 11.5 Å². The molecule has 0 aromatic rings. The largest absolute Gasteiger partial charge is 0.380 e. The SMILES string of the molecule is CNC1CCC(C2(CC(C)C)COC2)CC1. The van der Waals surface area contributed by atoms with Gasteiger partial charge in [-0.1, -0.05) is 13.8 Å². The van der Waals surface area contributed by atoms with E-state index < -0.39 is 0 Å². The lowest BCUT2D eigenvalue weighted by Gasteiger charge is -2.50. The van der Waals surface area contributed by atoms with Crippen LogP contribution in [0.3, 0.4) is 0 Å². The van der Waals surface area contributed by atoms with Crippen molar-refractivity contribution in [3.05, 3.63) is 0 Å². The van der Waals surface area contributed by atoms with Crippen LogP contribution in [-0.4, -0.2) is 26.3 Å². The molecule has 2 aliphatic rings. The summed E-state index contributed by atoms with van der Waals surface area (Å²) in [5, 5.41) is 3.42. The molecule has 0 aromatic carbocycles. The second-order valence-electron chi connectivity index (χ2n) is 6.29. The number of rotatable bonds is 4. The quantitative estimate of drug-likeness (QED) is 0.794.